The van der Waals surface area contributed by atoms with Crippen LogP contribution in [0.2, 0.25) is 0 Å². The first-order valence-electron chi connectivity index (χ1n) is 6.75. The van der Waals surface area contributed by atoms with Gasteiger partial charge >= 0.3 is 5.97 Å². The quantitative estimate of drug-likeness (QED) is 0.691. The van der Waals surface area contributed by atoms with E-state index in [0.29, 0.717) is 16.4 Å². The number of nitrogens with one attached hydrogen (secondary N) is 1. The molecule has 0 aromatic carbocycles. The van der Waals surface area contributed by atoms with Crippen molar-refractivity contribution in [3.05, 3.63) is 0 Å². The molecule has 0 spiro atoms. The number of likely N-dealkylation sites (N-methyl/N-ethyl adjacent to an activating group) is 1. The normalized spacial score (nSPS) is 18.2. The third-order valence-corrected chi connectivity index (χ3v) is 4.89. The lowest BCUT2D eigenvalue weighted by Crippen LogP contribution is -2.51. The summed E-state index contributed by atoms with van der Waals surface area (Å²) in [5.74, 6) is 0.481. The Kier molecular flexibility index (Phi) is 7.95. The first-order chi connectivity index (χ1) is 8.26. The number of hydrogen-bond donors (Lipinski definition) is 1. The summed E-state index contributed by atoms with van der Waals surface area (Å²) in [5, 5.41) is 4.28. The Balaban J connectivity index is 4.54. The highest BCUT2D eigenvalue weighted by Gasteiger charge is 2.35. The molecule has 0 aliphatic carbocycles. The molecule has 0 saturated carbocycles. The maximum absolute atomic E-state index is 11.9. The lowest BCUT2D eigenvalue weighted by molar-refractivity contribution is -0.148. The summed E-state index contributed by atoms with van der Waals surface area (Å²) in [6.45, 7) is 13.6. The van der Waals surface area contributed by atoms with E-state index in [4.69, 9.17) is 4.74 Å². The lowest BCUT2D eigenvalue weighted by Gasteiger charge is -2.31. The summed E-state index contributed by atoms with van der Waals surface area (Å²) in [7, 11) is 1.45. The Labute approximate surface area is 116 Å². The van der Waals surface area contributed by atoms with Crippen molar-refractivity contribution in [1.82, 2.24) is 5.32 Å². The van der Waals surface area contributed by atoms with Crippen LogP contribution in [-0.4, -0.2) is 35.7 Å². The molecule has 0 aromatic rings. The molecule has 4 heteroatoms. The van der Waals surface area contributed by atoms with E-state index in [9.17, 15) is 4.79 Å². The largest absolute Gasteiger partial charge is 0.468 e. The molecule has 0 amide bonds. The molecule has 0 aromatic heterocycles. The van der Waals surface area contributed by atoms with E-state index in [1.165, 1.54) is 7.11 Å². The fourth-order valence-electron chi connectivity index (χ4n) is 1.99. The Bertz CT molecular complexity index is 258. The van der Waals surface area contributed by atoms with Gasteiger partial charge in [0.1, 0.15) is 5.54 Å². The predicted octanol–water partition coefficient (Wildman–Crippen LogP) is 3.08. The molecule has 0 bridgehead atoms. The third kappa shape index (κ3) is 5.61. The van der Waals surface area contributed by atoms with Crippen LogP contribution in [0.15, 0.2) is 0 Å². The van der Waals surface area contributed by atoms with Crippen molar-refractivity contribution in [3.8, 4) is 0 Å². The summed E-state index contributed by atoms with van der Waals surface area (Å²) in [5.41, 5.74) is -0.577. The van der Waals surface area contributed by atoms with Crippen molar-refractivity contribution in [2.24, 2.45) is 5.92 Å². The van der Waals surface area contributed by atoms with Crippen LogP contribution < -0.4 is 5.32 Å². The van der Waals surface area contributed by atoms with Crippen LogP contribution in [0.1, 0.15) is 48.0 Å². The van der Waals surface area contributed by atoms with E-state index in [1.807, 2.05) is 25.6 Å². The minimum atomic E-state index is -0.577. The summed E-state index contributed by atoms with van der Waals surface area (Å²) in [6.07, 6.45) is 0.787. The van der Waals surface area contributed by atoms with E-state index < -0.39 is 5.54 Å². The lowest BCUT2D eigenvalue weighted by atomic mass is 9.96. The highest BCUT2D eigenvalue weighted by atomic mass is 32.2. The molecule has 0 saturated heterocycles. The molecule has 0 aliphatic rings. The molecule has 3 nitrogen and oxygen atoms in total. The monoisotopic (exact) mass is 275 g/mol. The van der Waals surface area contributed by atoms with E-state index in [1.54, 1.807) is 0 Å². The average molecular weight is 275 g/mol. The van der Waals surface area contributed by atoms with Crippen molar-refractivity contribution in [3.63, 3.8) is 0 Å². The zero-order chi connectivity index (χ0) is 14.3. The Hall–Kier alpha value is -0.220. The van der Waals surface area contributed by atoms with Crippen molar-refractivity contribution >= 4 is 17.7 Å². The fraction of sp³-hybridized carbons (Fsp3) is 0.929. The van der Waals surface area contributed by atoms with Crippen molar-refractivity contribution in [2.75, 3.05) is 13.7 Å². The van der Waals surface area contributed by atoms with Gasteiger partial charge in [-0.05, 0) is 25.8 Å². The topological polar surface area (TPSA) is 38.3 Å². The molecule has 108 valence electrons. The van der Waals surface area contributed by atoms with Crippen LogP contribution in [0, 0.1) is 5.92 Å². The van der Waals surface area contributed by atoms with E-state index >= 15 is 0 Å². The van der Waals surface area contributed by atoms with E-state index in [-0.39, 0.29) is 5.97 Å². The number of thioether (sulfide) groups is 1. The zero-order valence-corrected chi connectivity index (χ0v) is 13.7. The van der Waals surface area contributed by atoms with Gasteiger partial charge in [-0.15, -0.1) is 0 Å². The molecule has 0 fully saturated rings. The highest BCUT2D eigenvalue weighted by molar-refractivity contribution is 8.00. The van der Waals surface area contributed by atoms with Gasteiger partial charge in [-0.2, -0.15) is 11.8 Å². The standard InChI is InChI=1S/C14H29NO2S/c1-8-15-14(6,13(16)17-7)9-11(4)18-12(5)10(2)3/h10-12,15H,8-9H2,1-7H3. The van der Waals surface area contributed by atoms with Gasteiger partial charge in [0.15, 0.2) is 0 Å². The Morgan fingerprint density at radius 2 is 1.89 bits per heavy atom. The van der Waals surface area contributed by atoms with Crippen LogP contribution in [0.3, 0.4) is 0 Å². The second kappa shape index (κ2) is 8.05. The van der Waals surface area contributed by atoms with E-state index in [0.717, 1.165) is 13.0 Å². The molecule has 0 radical (unpaired) electrons. The van der Waals surface area contributed by atoms with Crippen LogP contribution in [0.25, 0.3) is 0 Å². The smallest absolute Gasteiger partial charge is 0.325 e. The Morgan fingerprint density at radius 1 is 1.33 bits per heavy atom. The maximum Gasteiger partial charge on any atom is 0.325 e. The molecule has 3 unspecified atom stereocenters. The van der Waals surface area contributed by atoms with Gasteiger partial charge in [-0.25, -0.2) is 0 Å². The molecule has 1 N–H and O–H groups in total. The average Bonchev–Trinajstić information content (AvgIpc) is 2.27. The van der Waals surface area contributed by atoms with Crippen LogP contribution in [0.5, 0.6) is 0 Å². The van der Waals surface area contributed by atoms with Gasteiger partial charge < -0.3 is 10.1 Å². The molecular formula is C14H29NO2S. The first-order valence-corrected chi connectivity index (χ1v) is 7.70. The van der Waals surface area contributed by atoms with Crippen molar-refractivity contribution < 1.29 is 9.53 Å². The molecule has 3 atom stereocenters. The van der Waals surface area contributed by atoms with Gasteiger partial charge in [0.25, 0.3) is 0 Å². The van der Waals surface area contributed by atoms with Crippen molar-refractivity contribution in [2.45, 2.75) is 64.0 Å². The molecule has 0 heterocycles. The van der Waals surface area contributed by atoms with Crippen LogP contribution in [0.4, 0.5) is 0 Å². The minimum Gasteiger partial charge on any atom is -0.468 e. The number of rotatable bonds is 8. The van der Waals surface area contributed by atoms with Gasteiger partial charge in [0.2, 0.25) is 0 Å². The van der Waals surface area contributed by atoms with Gasteiger partial charge in [-0.1, -0.05) is 34.6 Å². The molecule has 0 rings (SSSR count). The molecule has 0 aliphatic heterocycles. The van der Waals surface area contributed by atoms with Crippen LogP contribution >= 0.6 is 11.8 Å². The van der Waals surface area contributed by atoms with Crippen molar-refractivity contribution in [1.29, 1.82) is 0 Å². The second-order valence-corrected chi connectivity index (χ2v) is 7.27. The molecular weight excluding hydrogens is 246 g/mol. The van der Waals surface area contributed by atoms with Gasteiger partial charge in [0, 0.05) is 10.5 Å². The van der Waals surface area contributed by atoms with E-state index in [2.05, 4.69) is 33.0 Å². The molecule has 18 heavy (non-hydrogen) atoms. The highest BCUT2D eigenvalue weighted by Crippen LogP contribution is 2.29. The number of methoxy groups -OCH3 is 1. The van der Waals surface area contributed by atoms with Gasteiger partial charge in [0.05, 0.1) is 7.11 Å². The second-order valence-electron chi connectivity index (χ2n) is 5.45. The number of esters is 1. The summed E-state index contributed by atoms with van der Waals surface area (Å²) in [6, 6.07) is 0. The SMILES string of the molecule is CCNC(C)(CC(C)SC(C)C(C)C)C(=O)OC. The number of hydrogen-bond acceptors (Lipinski definition) is 4. The summed E-state index contributed by atoms with van der Waals surface area (Å²) < 4.78 is 4.91. The summed E-state index contributed by atoms with van der Waals surface area (Å²) in [4.78, 5) is 11.9. The van der Waals surface area contributed by atoms with Crippen LogP contribution in [-0.2, 0) is 9.53 Å². The predicted molar refractivity (Wildman–Crippen MR) is 80.1 cm³/mol. The fourth-order valence-corrected chi connectivity index (χ4v) is 3.47. The zero-order valence-electron chi connectivity index (χ0n) is 12.9. The summed E-state index contributed by atoms with van der Waals surface area (Å²) >= 11 is 1.94. The number of carbonyl (C=O) groups excluding carboxylic acids is 1. The maximum atomic E-state index is 11.9. The van der Waals surface area contributed by atoms with Gasteiger partial charge in [-0.3, -0.25) is 4.79 Å². The first kappa shape index (κ1) is 17.8. The third-order valence-electron chi connectivity index (χ3n) is 3.28. The number of ether oxygens (including phenoxy) is 1. The Morgan fingerprint density at radius 3 is 2.28 bits per heavy atom. The minimum absolute atomic E-state index is 0.172. The number of carbonyl (C=O) groups is 1.